The molecule has 0 saturated heterocycles. The highest BCUT2D eigenvalue weighted by Crippen LogP contribution is 2.25. The summed E-state index contributed by atoms with van der Waals surface area (Å²) in [5.74, 6) is 0. The van der Waals surface area contributed by atoms with Crippen LogP contribution in [0, 0.1) is 6.92 Å². The van der Waals surface area contributed by atoms with Crippen LogP contribution in [-0.4, -0.2) is 15.3 Å². The third-order valence-electron chi connectivity index (χ3n) is 3.47. The van der Waals surface area contributed by atoms with Crippen molar-refractivity contribution >= 4 is 15.9 Å². The number of nitrogens with two attached hydrogens (primary N) is 1. The van der Waals surface area contributed by atoms with Crippen molar-refractivity contribution in [1.29, 1.82) is 0 Å². The van der Waals surface area contributed by atoms with Crippen LogP contribution < -0.4 is 5.73 Å². The van der Waals surface area contributed by atoms with Crippen molar-refractivity contribution in [2.24, 2.45) is 5.73 Å². The molecule has 1 heterocycles. The lowest BCUT2D eigenvalue weighted by Gasteiger charge is -2.25. The summed E-state index contributed by atoms with van der Waals surface area (Å²) >= 11 is 3.64. The van der Waals surface area contributed by atoms with E-state index >= 15 is 0 Å². The van der Waals surface area contributed by atoms with E-state index in [4.69, 9.17) is 5.73 Å². The lowest BCUT2D eigenvalue weighted by Crippen LogP contribution is -2.41. The second-order valence-electron chi connectivity index (χ2n) is 5.66. The van der Waals surface area contributed by atoms with Gasteiger partial charge in [0.05, 0.1) is 15.9 Å². The fourth-order valence-corrected chi connectivity index (χ4v) is 2.97. The van der Waals surface area contributed by atoms with Crippen molar-refractivity contribution < 1.29 is 0 Å². The first-order valence-electron chi connectivity index (χ1n) is 6.97. The molecule has 1 atom stereocenters. The molecule has 1 unspecified atom stereocenters. The molecule has 0 spiro atoms. The Bertz CT molecular complexity index is 573. The molecule has 0 amide bonds. The maximum Gasteiger partial charge on any atom is 0.0738 e. The molecule has 0 aliphatic carbocycles. The molecule has 0 fully saturated rings. The van der Waals surface area contributed by atoms with Crippen molar-refractivity contribution in [2.45, 2.75) is 45.7 Å². The average Bonchev–Trinajstić information content (AvgIpc) is 2.66. The predicted octanol–water partition coefficient (Wildman–Crippen LogP) is 3.48. The SMILES string of the molecule is CCn1nc(C)c(Br)c1CC(C)(N)Cc1ccccc1. The molecular formula is C16H22BrN3. The molecule has 20 heavy (non-hydrogen) atoms. The van der Waals surface area contributed by atoms with Gasteiger partial charge in [0.15, 0.2) is 0 Å². The molecule has 0 aliphatic rings. The molecule has 0 bridgehead atoms. The largest absolute Gasteiger partial charge is 0.325 e. The second kappa shape index (κ2) is 6.10. The van der Waals surface area contributed by atoms with E-state index in [1.54, 1.807) is 0 Å². The van der Waals surface area contributed by atoms with Gasteiger partial charge in [-0.25, -0.2) is 0 Å². The summed E-state index contributed by atoms with van der Waals surface area (Å²) in [5, 5.41) is 4.53. The minimum atomic E-state index is -0.288. The first-order valence-corrected chi connectivity index (χ1v) is 7.77. The normalized spacial score (nSPS) is 14.2. The number of hydrogen-bond acceptors (Lipinski definition) is 2. The highest BCUT2D eigenvalue weighted by Gasteiger charge is 2.24. The van der Waals surface area contributed by atoms with Crippen molar-refractivity contribution in [3.8, 4) is 0 Å². The van der Waals surface area contributed by atoms with Gasteiger partial charge in [-0.2, -0.15) is 5.10 Å². The van der Waals surface area contributed by atoms with Crippen LogP contribution in [0.3, 0.4) is 0 Å². The molecule has 1 aromatic carbocycles. The topological polar surface area (TPSA) is 43.8 Å². The summed E-state index contributed by atoms with van der Waals surface area (Å²) in [7, 11) is 0. The predicted molar refractivity (Wildman–Crippen MR) is 86.8 cm³/mol. The van der Waals surface area contributed by atoms with Crippen molar-refractivity contribution in [3.63, 3.8) is 0 Å². The van der Waals surface area contributed by atoms with E-state index in [1.807, 2.05) is 17.7 Å². The Morgan fingerprint density at radius 3 is 2.50 bits per heavy atom. The molecule has 2 rings (SSSR count). The summed E-state index contributed by atoms with van der Waals surface area (Å²) in [6.45, 7) is 7.09. The van der Waals surface area contributed by atoms with E-state index < -0.39 is 0 Å². The van der Waals surface area contributed by atoms with E-state index in [1.165, 1.54) is 11.3 Å². The summed E-state index contributed by atoms with van der Waals surface area (Å²) in [6.07, 6.45) is 1.66. The lowest BCUT2D eigenvalue weighted by atomic mass is 9.89. The van der Waals surface area contributed by atoms with Gasteiger partial charge in [-0.3, -0.25) is 4.68 Å². The average molecular weight is 336 g/mol. The van der Waals surface area contributed by atoms with Gasteiger partial charge in [-0.1, -0.05) is 30.3 Å². The molecule has 1 aromatic heterocycles. The Balaban J connectivity index is 2.20. The monoisotopic (exact) mass is 335 g/mol. The van der Waals surface area contributed by atoms with Gasteiger partial charge < -0.3 is 5.73 Å². The Morgan fingerprint density at radius 2 is 1.90 bits per heavy atom. The van der Waals surface area contributed by atoms with E-state index in [0.717, 1.165) is 29.6 Å². The van der Waals surface area contributed by atoms with Gasteiger partial charge in [-0.15, -0.1) is 0 Å². The van der Waals surface area contributed by atoms with Crippen LogP contribution in [0.25, 0.3) is 0 Å². The van der Waals surface area contributed by atoms with Crippen molar-refractivity contribution in [1.82, 2.24) is 9.78 Å². The van der Waals surface area contributed by atoms with Gasteiger partial charge in [0, 0.05) is 18.5 Å². The van der Waals surface area contributed by atoms with Crippen LogP contribution in [-0.2, 0) is 19.4 Å². The quantitative estimate of drug-likeness (QED) is 0.908. The zero-order chi connectivity index (χ0) is 14.8. The molecule has 2 aromatic rings. The third-order valence-corrected chi connectivity index (χ3v) is 4.51. The molecule has 0 saturated carbocycles. The second-order valence-corrected chi connectivity index (χ2v) is 6.45. The Morgan fingerprint density at radius 1 is 1.25 bits per heavy atom. The zero-order valence-electron chi connectivity index (χ0n) is 12.4. The number of aromatic nitrogens is 2. The standard InChI is InChI=1S/C16H22BrN3/c1-4-20-14(15(17)12(2)19-20)11-16(3,18)10-13-8-6-5-7-9-13/h5-9H,4,10-11,18H2,1-3H3. The maximum absolute atomic E-state index is 6.52. The molecular weight excluding hydrogens is 314 g/mol. The summed E-state index contributed by atoms with van der Waals surface area (Å²) in [4.78, 5) is 0. The molecule has 2 N–H and O–H groups in total. The number of rotatable bonds is 5. The highest BCUT2D eigenvalue weighted by atomic mass is 79.9. The van der Waals surface area contributed by atoms with E-state index in [0.29, 0.717) is 0 Å². The number of benzene rings is 1. The first-order chi connectivity index (χ1) is 9.43. The van der Waals surface area contributed by atoms with Gasteiger partial charge in [0.2, 0.25) is 0 Å². The summed E-state index contributed by atoms with van der Waals surface area (Å²) in [6, 6.07) is 10.4. The van der Waals surface area contributed by atoms with Crippen LogP contribution in [0.15, 0.2) is 34.8 Å². The molecule has 4 heteroatoms. The van der Waals surface area contributed by atoms with E-state index in [-0.39, 0.29) is 5.54 Å². The molecule has 3 nitrogen and oxygen atoms in total. The number of nitrogens with zero attached hydrogens (tertiary/aromatic N) is 2. The van der Waals surface area contributed by atoms with Crippen LogP contribution >= 0.6 is 15.9 Å². The minimum Gasteiger partial charge on any atom is -0.325 e. The van der Waals surface area contributed by atoms with Gasteiger partial charge in [0.25, 0.3) is 0 Å². The lowest BCUT2D eigenvalue weighted by molar-refractivity contribution is 0.441. The number of hydrogen-bond donors (Lipinski definition) is 1. The van der Waals surface area contributed by atoms with Gasteiger partial charge >= 0.3 is 0 Å². The molecule has 0 aliphatic heterocycles. The van der Waals surface area contributed by atoms with Crippen LogP contribution in [0.4, 0.5) is 0 Å². The van der Waals surface area contributed by atoms with Crippen LogP contribution in [0.2, 0.25) is 0 Å². The fourth-order valence-electron chi connectivity index (χ4n) is 2.55. The van der Waals surface area contributed by atoms with Gasteiger partial charge in [-0.05, 0) is 48.7 Å². The van der Waals surface area contributed by atoms with Crippen LogP contribution in [0.5, 0.6) is 0 Å². The zero-order valence-corrected chi connectivity index (χ0v) is 13.9. The summed E-state index contributed by atoms with van der Waals surface area (Å²) < 4.78 is 3.12. The van der Waals surface area contributed by atoms with Gasteiger partial charge in [0.1, 0.15) is 0 Å². The Kier molecular flexibility index (Phi) is 4.66. The minimum absolute atomic E-state index is 0.288. The number of halogens is 1. The molecule has 0 radical (unpaired) electrons. The van der Waals surface area contributed by atoms with Crippen molar-refractivity contribution in [3.05, 3.63) is 51.8 Å². The third kappa shape index (κ3) is 3.49. The number of aryl methyl sites for hydroxylation is 2. The smallest absolute Gasteiger partial charge is 0.0738 e. The Hall–Kier alpha value is -1.13. The highest BCUT2D eigenvalue weighted by molar-refractivity contribution is 9.10. The molecule has 108 valence electrons. The fraction of sp³-hybridized carbons (Fsp3) is 0.438. The van der Waals surface area contributed by atoms with E-state index in [9.17, 15) is 0 Å². The maximum atomic E-state index is 6.52. The summed E-state index contributed by atoms with van der Waals surface area (Å²) in [5.41, 5.74) is 9.71. The Labute approximate surface area is 129 Å². The van der Waals surface area contributed by atoms with Crippen molar-refractivity contribution in [2.75, 3.05) is 0 Å². The first kappa shape index (κ1) is 15.3. The van der Waals surface area contributed by atoms with Crippen LogP contribution in [0.1, 0.15) is 30.8 Å². The van der Waals surface area contributed by atoms with E-state index in [2.05, 4.69) is 59.1 Å².